The molecule has 0 bridgehead atoms. The van der Waals surface area contributed by atoms with Gasteiger partial charge in [0.1, 0.15) is 13.1 Å². The Balaban J connectivity index is 4.74. The molecule has 0 aliphatic rings. The van der Waals surface area contributed by atoms with E-state index < -0.39 is 20.2 Å². The van der Waals surface area contributed by atoms with Crippen LogP contribution >= 0.6 is 0 Å². The Bertz CT molecular complexity index is 930. The van der Waals surface area contributed by atoms with E-state index in [0.29, 0.717) is 25.9 Å². The van der Waals surface area contributed by atoms with Crippen molar-refractivity contribution < 1.29 is 34.9 Å². The van der Waals surface area contributed by atoms with Crippen molar-refractivity contribution in [1.82, 2.24) is 0 Å². The van der Waals surface area contributed by atoms with Crippen LogP contribution in [0, 0.1) is 0 Å². The van der Waals surface area contributed by atoms with Gasteiger partial charge in [-0.15, -0.1) is 0 Å². The molecule has 314 valence electrons. The number of hydrogen-bond acceptors (Lipinski definition) is 4. The lowest BCUT2D eigenvalue weighted by atomic mass is 10.0. The predicted octanol–water partition coefficient (Wildman–Crippen LogP) is 11.4. The van der Waals surface area contributed by atoms with Gasteiger partial charge in [0.25, 0.3) is 20.2 Å². The lowest BCUT2D eigenvalue weighted by Gasteiger charge is -2.40. The molecule has 2 atom stereocenters. The van der Waals surface area contributed by atoms with Gasteiger partial charge in [-0.2, -0.15) is 16.8 Å². The summed E-state index contributed by atoms with van der Waals surface area (Å²) in [5.41, 5.74) is 0. The minimum absolute atomic E-state index is 0.209. The molecular weight excluding hydrogens is 693 g/mol. The zero-order chi connectivity index (χ0) is 38.9. The van der Waals surface area contributed by atoms with Crippen LogP contribution in [0.3, 0.4) is 0 Å². The highest BCUT2D eigenvalue weighted by Gasteiger charge is 2.29. The second-order valence-corrected chi connectivity index (χ2v) is 20.2. The van der Waals surface area contributed by atoms with Gasteiger partial charge >= 0.3 is 0 Å². The zero-order valence-electron chi connectivity index (χ0n) is 35.1. The number of hydrogen-bond donors (Lipinski definition) is 2. The maximum atomic E-state index is 11.5. The van der Waals surface area contributed by atoms with Crippen molar-refractivity contribution in [3.05, 3.63) is 0 Å². The Morgan fingerprint density at radius 2 is 0.500 bits per heavy atom. The fourth-order valence-electron chi connectivity index (χ4n) is 7.79. The lowest BCUT2D eigenvalue weighted by molar-refractivity contribution is -0.964. The maximum absolute atomic E-state index is 11.5. The maximum Gasteiger partial charge on any atom is 0.265 e. The number of unbranched alkanes of at least 4 members (excludes halogenated alkanes) is 26. The number of likely N-dealkylation sites (N-methyl/N-ethyl adjacent to an activating group) is 2. The Hall–Kier alpha value is -0.260. The highest BCUT2D eigenvalue weighted by Crippen LogP contribution is 2.18. The molecule has 2 unspecified atom stereocenters. The largest absolute Gasteiger partial charge is 0.321 e. The van der Waals surface area contributed by atoms with Gasteiger partial charge in [0.15, 0.2) is 0 Å². The lowest BCUT2D eigenvalue weighted by Crippen LogP contribution is -2.56. The smallest absolute Gasteiger partial charge is 0.265 e. The van der Waals surface area contributed by atoms with Crippen LogP contribution in [-0.4, -0.2) is 99.8 Å². The molecule has 8 nitrogen and oxygen atoms in total. The predicted molar refractivity (Wildman–Crippen MR) is 224 cm³/mol. The van der Waals surface area contributed by atoms with Crippen molar-refractivity contribution in [2.75, 3.05) is 64.9 Å². The minimum atomic E-state index is -3.99. The Morgan fingerprint density at radius 3 is 0.712 bits per heavy atom. The van der Waals surface area contributed by atoms with E-state index in [0.717, 1.165) is 48.0 Å². The quantitative estimate of drug-likeness (QED) is 0.0363. The fourth-order valence-corrected chi connectivity index (χ4v) is 8.77. The Morgan fingerprint density at radius 1 is 0.308 bits per heavy atom. The summed E-state index contributed by atoms with van der Waals surface area (Å²) in [6, 6.07) is 0. The molecule has 0 rings (SSSR count). The Labute approximate surface area is 325 Å². The van der Waals surface area contributed by atoms with Crippen molar-refractivity contribution in [3.63, 3.8) is 0 Å². The van der Waals surface area contributed by atoms with Crippen LogP contribution in [0.15, 0.2) is 0 Å². The van der Waals surface area contributed by atoms with Crippen molar-refractivity contribution in [3.8, 4) is 0 Å². The monoisotopic (exact) mass is 783 g/mol. The van der Waals surface area contributed by atoms with E-state index in [4.69, 9.17) is 0 Å². The summed E-state index contributed by atoms with van der Waals surface area (Å²) < 4.78 is 66.4. The van der Waals surface area contributed by atoms with Crippen molar-refractivity contribution in [2.45, 2.75) is 206 Å². The number of nitrogens with zero attached hydrogens (tertiary/aromatic N) is 2. The molecule has 0 aromatic carbocycles. The van der Waals surface area contributed by atoms with E-state index >= 15 is 0 Å². The normalized spacial score (nSPS) is 14.8. The summed E-state index contributed by atoms with van der Waals surface area (Å²) in [5, 5.41) is 0. The Kier molecular flexibility index (Phi) is 32.8. The zero-order valence-corrected chi connectivity index (χ0v) is 36.7. The van der Waals surface area contributed by atoms with E-state index in [1.165, 1.54) is 167 Å². The molecule has 2 N–H and O–H groups in total. The van der Waals surface area contributed by atoms with E-state index in [1.54, 1.807) is 0 Å². The third-order valence-corrected chi connectivity index (χ3v) is 13.1. The summed E-state index contributed by atoms with van der Waals surface area (Å²) in [6.07, 6.45) is 37.8. The fraction of sp³-hybridized carbons (Fsp3) is 1.00. The first-order valence-corrected chi connectivity index (χ1v) is 25.5. The molecule has 10 heteroatoms. The van der Waals surface area contributed by atoms with E-state index in [9.17, 15) is 25.9 Å². The third-order valence-electron chi connectivity index (χ3n) is 11.5. The van der Waals surface area contributed by atoms with E-state index in [1.807, 2.05) is 0 Å². The molecular formula is C42H90N2O6S2+2. The second-order valence-electron chi connectivity index (χ2n) is 17.1. The molecule has 0 aromatic rings. The van der Waals surface area contributed by atoms with Crippen LogP contribution in [0.4, 0.5) is 0 Å². The van der Waals surface area contributed by atoms with Crippen molar-refractivity contribution >= 4 is 20.2 Å². The molecule has 0 saturated heterocycles. The summed E-state index contributed by atoms with van der Waals surface area (Å²) >= 11 is 0. The van der Waals surface area contributed by atoms with Crippen molar-refractivity contribution in [1.29, 1.82) is 0 Å². The van der Waals surface area contributed by atoms with Gasteiger partial charge in [0.05, 0.1) is 51.8 Å². The molecule has 0 aliphatic carbocycles. The molecule has 0 saturated carbocycles. The molecule has 52 heavy (non-hydrogen) atoms. The second kappa shape index (κ2) is 32.9. The third kappa shape index (κ3) is 36.7. The minimum Gasteiger partial charge on any atom is -0.321 e. The average Bonchev–Trinajstić information content (AvgIpc) is 3.07. The SMILES string of the molecule is CCCCCCCCCCCCCCCC[N+](C)(CCCS(=O)(=O)O)CC[N+](C)(CCCCCCCCCCCCCCCC)CCCS(=O)(=O)O. The molecule has 0 aromatic heterocycles. The molecule has 0 radical (unpaired) electrons. The molecule has 0 fully saturated rings. The van der Waals surface area contributed by atoms with Crippen LogP contribution in [0.2, 0.25) is 0 Å². The summed E-state index contributed by atoms with van der Waals surface area (Å²) in [4.78, 5) is 0. The highest BCUT2D eigenvalue weighted by atomic mass is 32.2. The van der Waals surface area contributed by atoms with Crippen molar-refractivity contribution in [2.24, 2.45) is 0 Å². The summed E-state index contributed by atoms with van der Waals surface area (Å²) in [5.74, 6) is -0.418. The van der Waals surface area contributed by atoms with Gasteiger partial charge in [0.2, 0.25) is 0 Å². The van der Waals surface area contributed by atoms with Gasteiger partial charge in [0, 0.05) is 12.8 Å². The van der Waals surface area contributed by atoms with Crippen LogP contribution in [0.5, 0.6) is 0 Å². The first-order valence-electron chi connectivity index (χ1n) is 22.3. The van der Waals surface area contributed by atoms with Gasteiger partial charge in [-0.05, 0) is 25.7 Å². The average molecular weight is 783 g/mol. The van der Waals surface area contributed by atoms with Crippen LogP contribution in [-0.2, 0) is 20.2 Å². The number of quaternary nitrogens is 2. The molecule has 0 heterocycles. The van der Waals surface area contributed by atoms with Gasteiger partial charge < -0.3 is 8.97 Å². The highest BCUT2D eigenvalue weighted by molar-refractivity contribution is 7.86. The van der Waals surface area contributed by atoms with Crippen LogP contribution in [0.1, 0.15) is 206 Å². The van der Waals surface area contributed by atoms with Crippen LogP contribution in [0.25, 0.3) is 0 Å². The van der Waals surface area contributed by atoms with Gasteiger partial charge in [-0.25, -0.2) is 0 Å². The first-order chi connectivity index (χ1) is 24.7. The molecule has 0 aliphatic heterocycles. The summed E-state index contributed by atoms with van der Waals surface area (Å²) in [6.45, 7) is 9.65. The first kappa shape index (κ1) is 51.7. The van der Waals surface area contributed by atoms with E-state index in [-0.39, 0.29) is 11.5 Å². The van der Waals surface area contributed by atoms with Gasteiger partial charge in [-0.3, -0.25) is 9.11 Å². The molecule has 0 amide bonds. The summed E-state index contributed by atoms with van der Waals surface area (Å²) in [7, 11) is -3.54. The topological polar surface area (TPSA) is 109 Å². The van der Waals surface area contributed by atoms with E-state index in [2.05, 4.69) is 27.9 Å². The molecule has 0 spiro atoms. The number of rotatable bonds is 41. The standard InChI is InChI=1S/C42H88N2O6S2/c1-5-7-9-11-13-15-17-19-21-23-25-27-29-31-35-43(3,37-33-41-51(45,46)47)39-40-44(4,38-34-42-52(48,49)50)36-32-30-28-26-24-22-20-18-16-14-12-10-8-6-2/h5-42H2,1-4H3/p+2. The van der Waals surface area contributed by atoms with Crippen LogP contribution < -0.4 is 0 Å². The van der Waals surface area contributed by atoms with Gasteiger partial charge in [-0.1, -0.05) is 168 Å².